The minimum Gasteiger partial charge on any atom is -0.487 e. The minimum absolute atomic E-state index is 0.223. The van der Waals surface area contributed by atoms with Gasteiger partial charge >= 0.3 is 5.69 Å². The van der Waals surface area contributed by atoms with Crippen LogP contribution in [0.1, 0.15) is 62.0 Å². The van der Waals surface area contributed by atoms with Crippen LogP contribution in [-0.4, -0.2) is 29.6 Å². The second-order valence-corrected chi connectivity index (χ2v) is 9.40. The zero-order valence-corrected chi connectivity index (χ0v) is 21.0. The van der Waals surface area contributed by atoms with Crippen LogP contribution in [0.4, 0.5) is 0 Å². The molecule has 0 bridgehead atoms. The second kappa shape index (κ2) is 9.46. The van der Waals surface area contributed by atoms with Crippen molar-refractivity contribution in [2.75, 3.05) is 0 Å². The molecule has 0 amide bonds. The van der Waals surface area contributed by atoms with Crippen molar-refractivity contribution in [1.82, 2.24) is 29.6 Å². The molecule has 8 nitrogen and oxygen atoms in total. The molecule has 2 aromatic carbocycles. The number of rotatable bonds is 7. The lowest BCUT2D eigenvalue weighted by Crippen LogP contribution is -2.23. The van der Waals surface area contributed by atoms with Crippen molar-refractivity contribution < 1.29 is 4.74 Å². The first-order valence-electron chi connectivity index (χ1n) is 11.3. The van der Waals surface area contributed by atoms with Gasteiger partial charge in [-0.05, 0) is 65.1 Å². The normalized spacial score (nSPS) is 11.6. The number of tetrazole rings is 1. The van der Waals surface area contributed by atoms with Gasteiger partial charge in [-0.1, -0.05) is 51.4 Å². The second-order valence-electron chi connectivity index (χ2n) is 8.99. The Kier molecular flexibility index (Phi) is 6.61. The van der Waals surface area contributed by atoms with Gasteiger partial charge in [-0.25, -0.2) is 9.48 Å². The van der Waals surface area contributed by atoms with Gasteiger partial charge in [0.1, 0.15) is 12.4 Å². The van der Waals surface area contributed by atoms with E-state index in [-0.39, 0.29) is 12.3 Å². The van der Waals surface area contributed by atoms with E-state index in [0.29, 0.717) is 28.3 Å². The van der Waals surface area contributed by atoms with E-state index in [4.69, 9.17) is 21.4 Å². The smallest absolute Gasteiger partial charge is 0.368 e. The van der Waals surface area contributed by atoms with Gasteiger partial charge in [0.15, 0.2) is 0 Å². The molecule has 2 aromatic heterocycles. The molecule has 4 rings (SSSR count). The third-order valence-electron chi connectivity index (χ3n) is 5.81. The first-order valence-corrected chi connectivity index (χ1v) is 11.7. The van der Waals surface area contributed by atoms with Crippen molar-refractivity contribution in [3.63, 3.8) is 0 Å². The van der Waals surface area contributed by atoms with Gasteiger partial charge in [-0.2, -0.15) is 14.5 Å². The Balaban J connectivity index is 1.63. The van der Waals surface area contributed by atoms with E-state index in [0.717, 1.165) is 28.2 Å². The van der Waals surface area contributed by atoms with Gasteiger partial charge < -0.3 is 4.74 Å². The Morgan fingerprint density at radius 2 is 1.76 bits per heavy atom. The lowest BCUT2D eigenvalue weighted by molar-refractivity contribution is 0.305. The molecule has 0 N–H and O–H groups in total. The summed E-state index contributed by atoms with van der Waals surface area (Å²) in [6, 6.07) is 13.5. The van der Waals surface area contributed by atoms with Gasteiger partial charge in [0.25, 0.3) is 0 Å². The standard InChI is InChI=1S/C25H29ClN6O2/c1-15(2)21-13-23(16(3)4)31(27-21)18-10-11-24(20(26)12-18)34-14-19-17(5)8-7-9-22(19)32-25(33)30(6)28-29-32/h7-13,15-16H,14H2,1-6H3. The summed E-state index contributed by atoms with van der Waals surface area (Å²) >= 11 is 6.62. The van der Waals surface area contributed by atoms with Crippen LogP contribution in [0.15, 0.2) is 47.3 Å². The maximum absolute atomic E-state index is 12.4. The van der Waals surface area contributed by atoms with Crippen LogP contribution in [0, 0.1) is 6.92 Å². The quantitative estimate of drug-likeness (QED) is 0.374. The number of aromatic nitrogens is 6. The first kappa shape index (κ1) is 23.8. The molecule has 0 atom stereocenters. The Labute approximate surface area is 203 Å². The summed E-state index contributed by atoms with van der Waals surface area (Å²) in [6.07, 6.45) is 0. The molecule has 0 radical (unpaired) electrons. The molecular formula is C25H29ClN6O2. The van der Waals surface area contributed by atoms with Gasteiger partial charge in [0.05, 0.1) is 22.1 Å². The summed E-state index contributed by atoms with van der Waals surface area (Å²) in [7, 11) is 1.56. The Morgan fingerprint density at radius 3 is 2.38 bits per heavy atom. The summed E-state index contributed by atoms with van der Waals surface area (Å²) < 4.78 is 10.5. The highest BCUT2D eigenvalue weighted by atomic mass is 35.5. The van der Waals surface area contributed by atoms with Gasteiger partial charge in [-0.3, -0.25) is 0 Å². The average Bonchev–Trinajstić information content (AvgIpc) is 3.38. The fourth-order valence-corrected chi connectivity index (χ4v) is 3.97. The number of ether oxygens (including phenoxy) is 1. The Bertz CT molecular complexity index is 1380. The molecule has 0 unspecified atom stereocenters. The van der Waals surface area contributed by atoms with Crippen molar-refractivity contribution in [2.45, 2.75) is 53.1 Å². The summed E-state index contributed by atoms with van der Waals surface area (Å²) in [5.41, 5.74) is 5.18. The summed E-state index contributed by atoms with van der Waals surface area (Å²) in [4.78, 5) is 12.4. The van der Waals surface area contributed by atoms with E-state index in [9.17, 15) is 4.79 Å². The molecule has 4 aromatic rings. The highest BCUT2D eigenvalue weighted by Gasteiger charge is 2.17. The number of hydrogen-bond donors (Lipinski definition) is 0. The van der Waals surface area contributed by atoms with E-state index in [2.05, 4.69) is 44.2 Å². The third-order valence-corrected chi connectivity index (χ3v) is 6.10. The molecule has 9 heteroatoms. The summed E-state index contributed by atoms with van der Waals surface area (Å²) in [5.74, 6) is 1.20. The largest absolute Gasteiger partial charge is 0.487 e. The molecule has 0 aliphatic heterocycles. The van der Waals surface area contributed by atoms with Gasteiger partial charge in [0.2, 0.25) is 0 Å². The molecular weight excluding hydrogens is 452 g/mol. The minimum atomic E-state index is -0.324. The summed E-state index contributed by atoms with van der Waals surface area (Å²) in [5, 5.41) is 13.1. The predicted molar refractivity (Wildman–Crippen MR) is 132 cm³/mol. The van der Waals surface area contributed by atoms with E-state index < -0.39 is 0 Å². The molecule has 0 saturated carbocycles. The van der Waals surface area contributed by atoms with Crippen LogP contribution in [-0.2, 0) is 13.7 Å². The maximum atomic E-state index is 12.4. The molecule has 2 heterocycles. The average molecular weight is 481 g/mol. The highest BCUT2D eigenvalue weighted by Crippen LogP contribution is 2.31. The van der Waals surface area contributed by atoms with E-state index >= 15 is 0 Å². The zero-order valence-electron chi connectivity index (χ0n) is 20.3. The van der Waals surface area contributed by atoms with Crippen molar-refractivity contribution in [3.05, 3.63) is 80.5 Å². The van der Waals surface area contributed by atoms with Crippen LogP contribution >= 0.6 is 11.6 Å². The number of nitrogens with zero attached hydrogens (tertiary/aromatic N) is 6. The fraction of sp³-hybridized carbons (Fsp3) is 0.360. The van der Waals surface area contributed by atoms with E-state index in [1.165, 1.54) is 9.36 Å². The lowest BCUT2D eigenvalue weighted by Gasteiger charge is -2.15. The van der Waals surface area contributed by atoms with Crippen molar-refractivity contribution >= 4 is 11.6 Å². The number of hydrogen-bond acceptors (Lipinski definition) is 5. The Morgan fingerprint density at radius 1 is 1.00 bits per heavy atom. The molecule has 178 valence electrons. The molecule has 0 saturated heterocycles. The summed E-state index contributed by atoms with van der Waals surface area (Å²) in [6.45, 7) is 10.8. The van der Waals surface area contributed by atoms with Gasteiger partial charge in [0, 0.05) is 18.3 Å². The van der Waals surface area contributed by atoms with Crippen molar-refractivity contribution in [3.8, 4) is 17.1 Å². The third kappa shape index (κ3) is 4.50. The highest BCUT2D eigenvalue weighted by molar-refractivity contribution is 6.32. The SMILES string of the molecule is Cc1cccc(-n2nnn(C)c2=O)c1COc1ccc(-n2nc(C(C)C)cc2C(C)C)cc1Cl. The Hall–Kier alpha value is -3.39. The van der Waals surface area contributed by atoms with Gasteiger partial charge in [-0.15, -0.1) is 0 Å². The number of benzene rings is 2. The molecule has 0 aliphatic carbocycles. The maximum Gasteiger partial charge on any atom is 0.368 e. The van der Waals surface area contributed by atoms with E-state index in [1.807, 2.05) is 48.0 Å². The molecule has 0 spiro atoms. The van der Waals surface area contributed by atoms with Crippen LogP contribution in [0.2, 0.25) is 5.02 Å². The van der Waals surface area contributed by atoms with E-state index in [1.54, 1.807) is 7.05 Å². The number of halogens is 1. The van der Waals surface area contributed by atoms with Crippen LogP contribution in [0.3, 0.4) is 0 Å². The monoisotopic (exact) mass is 480 g/mol. The molecule has 0 fully saturated rings. The van der Waals surface area contributed by atoms with Crippen molar-refractivity contribution in [2.24, 2.45) is 7.05 Å². The molecule has 0 aliphatic rings. The van der Waals surface area contributed by atoms with Crippen LogP contribution < -0.4 is 10.4 Å². The molecule has 34 heavy (non-hydrogen) atoms. The predicted octanol–water partition coefficient (Wildman–Crippen LogP) is 4.94. The number of aryl methyl sites for hydroxylation is 2. The topological polar surface area (TPSA) is 79.8 Å². The zero-order chi connectivity index (χ0) is 24.6. The van der Waals surface area contributed by atoms with Crippen LogP contribution in [0.5, 0.6) is 5.75 Å². The fourth-order valence-electron chi connectivity index (χ4n) is 3.74. The van der Waals surface area contributed by atoms with Crippen molar-refractivity contribution in [1.29, 1.82) is 0 Å². The first-order chi connectivity index (χ1) is 16.2. The van der Waals surface area contributed by atoms with Crippen LogP contribution in [0.25, 0.3) is 11.4 Å². The lowest BCUT2D eigenvalue weighted by atomic mass is 10.1.